The molecular formula is C19H17N3O2S. The summed E-state index contributed by atoms with van der Waals surface area (Å²) in [6.45, 7) is 0. The molecule has 6 heteroatoms. The fourth-order valence-electron chi connectivity index (χ4n) is 3.03. The zero-order valence-electron chi connectivity index (χ0n) is 13.7. The Bertz CT molecular complexity index is 922. The highest BCUT2D eigenvalue weighted by Crippen LogP contribution is 2.41. The minimum atomic E-state index is 0.139. The SMILES string of the molecule is COc1cnccc1-c1[nH]c2c(c1Nc1ccccc1)C(=O)CSC2. The number of benzene rings is 1. The maximum absolute atomic E-state index is 12.6. The Morgan fingerprint density at radius 1 is 1.20 bits per heavy atom. The molecule has 0 fully saturated rings. The topological polar surface area (TPSA) is 67.0 Å². The van der Waals surface area contributed by atoms with Gasteiger partial charge in [-0.15, -0.1) is 11.8 Å². The fourth-order valence-corrected chi connectivity index (χ4v) is 3.88. The quantitative estimate of drug-likeness (QED) is 0.735. The van der Waals surface area contributed by atoms with Gasteiger partial charge in [-0.1, -0.05) is 18.2 Å². The normalized spacial score (nSPS) is 13.4. The number of para-hydroxylation sites is 1. The summed E-state index contributed by atoms with van der Waals surface area (Å²) in [7, 11) is 1.62. The molecule has 0 saturated carbocycles. The molecule has 5 nitrogen and oxygen atoms in total. The van der Waals surface area contributed by atoms with Gasteiger partial charge in [0.15, 0.2) is 5.78 Å². The third-order valence-electron chi connectivity index (χ3n) is 4.15. The molecule has 126 valence electrons. The highest BCUT2D eigenvalue weighted by molar-refractivity contribution is 7.99. The van der Waals surface area contributed by atoms with Crippen LogP contribution in [0.15, 0.2) is 48.8 Å². The van der Waals surface area contributed by atoms with Crippen LogP contribution in [0.2, 0.25) is 0 Å². The number of fused-ring (bicyclic) bond motifs is 1. The highest BCUT2D eigenvalue weighted by Gasteiger charge is 2.28. The molecule has 0 bridgehead atoms. The van der Waals surface area contributed by atoms with Crippen molar-refractivity contribution in [1.82, 2.24) is 9.97 Å². The Morgan fingerprint density at radius 3 is 2.84 bits per heavy atom. The fraction of sp³-hybridized carbons (Fsp3) is 0.158. The molecule has 0 amide bonds. The lowest BCUT2D eigenvalue weighted by atomic mass is 10.1. The Kier molecular flexibility index (Phi) is 4.19. The van der Waals surface area contributed by atoms with Crippen molar-refractivity contribution in [3.63, 3.8) is 0 Å². The van der Waals surface area contributed by atoms with Crippen LogP contribution in [-0.4, -0.2) is 28.6 Å². The third-order valence-corrected chi connectivity index (χ3v) is 5.11. The van der Waals surface area contributed by atoms with Crippen molar-refractivity contribution in [2.75, 3.05) is 18.2 Å². The number of pyridine rings is 1. The molecule has 3 aromatic rings. The molecule has 4 rings (SSSR count). The van der Waals surface area contributed by atoms with E-state index in [0.29, 0.717) is 11.5 Å². The number of aromatic amines is 1. The molecule has 0 atom stereocenters. The lowest BCUT2D eigenvalue weighted by molar-refractivity contribution is 0.102. The number of hydrogen-bond acceptors (Lipinski definition) is 5. The van der Waals surface area contributed by atoms with Gasteiger partial charge in [-0.2, -0.15) is 0 Å². The van der Waals surface area contributed by atoms with Crippen molar-refractivity contribution in [3.8, 4) is 17.0 Å². The maximum Gasteiger partial charge on any atom is 0.176 e. The molecule has 1 aliphatic heterocycles. The lowest BCUT2D eigenvalue weighted by Gasteiger charge is -2.14. The molecule has 1 aromatic carbocycles. The number of methoxy groups -OCH3 is 1. The molecule has 0 spiro atoms. The van der Waals surface area contributed by atoms with E-state index in [1.54, 1.807) is 31.3 Å². The Morgan fingerprint density at radius 2 is 2.04 bits per heavy atom. The first kappa shape index (κ1) is 15.8. The number of H-pyrrole nitrogens is 1. The summed E-state index contributed by atoms with van der Waals surface area (Å²) in [5.74, 6) is 2.09. The number of hydrogen-bond donors (Lipinski definition) is 2. The van der Waals surface area contributed by atoms with E-state index in [-0.39, 0.29) is 5.78 Å². The van der Waals surface area contributed by atoms with E-state index < -0.39 is 0 Å². The molecule has 2 aromatic heterocycles. The summed E-state index contributed by atoms with van der Waals surface area (Å²) in [4.78, 5) is 20.1. The van der Waals surface area contributed by atoms with E-state index in [0.717, 1.165) is 39.6 Å². The summed E-state index contributed by atoms with van der Waals surface area (Å²) < 4.78 is 5.46. The largest absolute Gasteiger partial charge is 0.494 e. The maximum atomic E-state index is 12.6. The van der Waals surface area contributed by atoms with Crippen molar-refractivity contribution in [1.29, 1.82) is 0 Å². The van der Waals surface area contributed by atoms with Gasteiger partial charge in [0.1, 0.15) is 5.75 Å². The first-order chi connectivity index (χ1) is 12.3. The van der Waals surface area contributed by atoms with Gasteiger partial charge in [-0.25, -0.2) is 0 Å². The number of thioether (sulfide) groups is 1. The van der Waals surface area contributed by atoms with Gasteiger partial charge < -0.3 is 15.0 Å². The number of nitrogens with one attached hydrogen (secondary N) is 2. The molecular weight excluding hydrogens is 334 g/mol. The molecule has 0 saturated heterocycles. The van der Waals surface area contributed by atoms with Gasteiger partial charge in [-0.05, 0) is 18.2 Å². The second kappa shape index (κ2) is 6.64. The van der Waals surface area contributed by atoms with Crippen molar-refractivity contribution < 1.29 is 9.53 Å². The summed E-state index contributed by atoms with van der Waals surface area (Å²) in [6, 6.07) is 11.7. The Labute approximate surface area is 149 Å². The molecule has 0 radical (unpaired) electrons. The predicted octanol–water partition coefficient (Wildman–Crippen LogP) is 4.26. The monoisotopic (exact) mass is 351 g/mol. The van der Waals surface area contributed by atoms with E-state index in [9.17, 15) is 4.79 Å². The number of carbonyl (C=O) groups excluding carboxylic acids is 1. The predicted molar refractivity (Wildman–Crippen MR) is 101 cm³/mol. The van der Waals surface area contributed by atoms with Crippen LogP contribution in [-0.2, 0) is 5.75 Å². The number of carbonyl (C=O) groups is 1. The number of Topliss-reactive ketones (excluding diaryl/α,β-unsaturated/α-hetero) is 1. The molecule has 3 heterocycles. The van der Waals surface area contributed by atoms with Crippen molar-refractivity contribution in [3.05, 3.63) is 60.0 Å². The van der Waals surface area contributed by atoms with Crippen LogP contribution >= 0.6 is 11.8 Å². The molecule has 1 aliphatic rings. The molecule has 0 aliphatic carbocycles. The number of aromatic nitrogens is 2. The van der Waals surface area contributed by atoms with E-state index in [1.165, 1.54) is 0 Å². The summed E-state index contributed by atoms with van der Waals surface area (Å²) in [5, 5.41) is 3.42. The minimum absolute atomic E-state index is 0.139. The van der Waals surface area contributed by atoms with Crippen molar-refractivity contribution >= 4 is 28.9 Å². The summed E-state index contributed by atoms with van der Waals surface area (Å²) >= 11 is 1.63. The second-order valence-corrected chi connectivity index (χ2v) is 6.70. The van der Waals surface area contributed by atoms with Crippen LogP contribution in [0.25, 0.3) is 11.3 Å². The smallest absolute Gasteiger partial charge is 0.176 e. The van der Waals surface area contributed by atoms with E-state index in [1.807, 2.05) is 36.4 Å². The van der Waals surface area contributed by atoms with Crippen LogP contribution in [0.5, 0.6) is 5.75 Å². The number of anilines is 2. The van der Waals surface area contributed by atoms with E-state index in [2.05, 4.69) is 15.3 Å². The zero-order chi connectivity index (χ0) is 17.2. The van der Waals surface area contributed by atoms with E-state index >= 15 is 0 Å². The van der Waals surface area contributed by atoms with Crippen LogP contribution in [0.1, 0.15) is 16.1 Å². The number of nitrogens with zero attached hydrogens (tertiary/aromatic N) is 1. The Balaban J connectivity index is 1.90. The first-order valence-electron chi connectivity index (χ1n) is 7.94. The number of ether oxygens (including phenoxy) is 1. The minimum Gasteiger partial charge on any atom is -0.494 e. The third kappa shape index (κ3) is 2.89. The van der Waals surface area contributed by atoms with Gasteiger partial charge in [0.25, 0.3) is 0 Å². The zero-order valence-corrected chi connectivity index (χ0v) is 14.5. The number of ketones is 1. The van der Waals surface area contributed by atoms with Crippen LogP contribution in [0.3, 0.4) is 0 Å². The van der Waals surface area contributed by atoms with Gasteiger partial charge in [0.2, 0.25) is 0 Å². The van der Waals surface area contributed by atoms with E-state index in [4.69, 9.17) is 4.74 Å². The van der Waals surface area contributed by atoms with Crippen molar-refractivity contribution in [2.45, 2.75) is 5.75 Å². The lowest BCUT2D eigenvalue weighted by Crippen LogP contribution is -2.11. The molecule has 25 heavy (non-hydrogen) atoms. The van der Waals surface area contributed by atoms with Crippen LogP contribution < -0.4 is 10.1 Å². The number of rotatable bonds is 4. The standard InChI is InChI=1S/C19H17N3O2S/c1-24-16-9-20-8-7-13(16)18-19(21-12-5-3-2-4-6-12)17-14(22-18)10-25-11-15(17)23/h2-9,21-22H,10-11H2,1H3. The first-order valence-corrected chi connectivity index (χ1v) is 9.09. The van der Waals surface area contributed by atoms with Crippen LogP contribution in [0.4, 0.5) is 11.4 Å². The highest BCUT2D eigenvalue weighted by atomic mass is 32.2. The van der Waals surface area contributed by atoms with Crippen molar-refractivity contribution in [2.24, 2.45) is 0 Å². The van der Waals surface area contributed by atoms with Gasteiger partial charge in [0.05, 0.1) is 36.0 Å². The molecule has 0 unspecified atom stereocenters. The summed E-state index contributed by atoms with van der Waals surface area (Å²) in [5.41, 5.74) is 5.16. The Hall–Kier alpha value is -2.73. The van der Waals surface area contributed by atoms with Gasteiger partial charge >= 0.3 is 0 Å². The summed E-state index contributed by atoms with van der Waals surface area (Å²) in [6.07, 6.45) is 3.40. The average Bonchev–Trinajstić information content (AvgIpc) is 3.02. The molecule has 2 N–H and O–H groups in total. The van der Waals surface area contributed by atoms with Gasteiger partial charge in [-0.3, -0.25) is 9.78 Å². The average molecular weight is 351 g/mol. The van der Waals surface area contributed by atoms with Crippen LogP contribution in [0, 0.1) is 0 Å². The second-order valence-electron chi connectivity index (χ2n) is 5.71. The van der Waals surface area contributed by atoms with Gasteiger partial charge in [0, 0.05) is 28.9 Å².